The Morgan fingerprint density at radius 1 is 1.53 bits per heavy atom. The van der Waals surface area contributed by atoms with Gasteiger partial charge in [0, 0.05) is 4.70 Å². The lowest BCUT2D eigenvalue weighted by atomic mass is 10.00. The molecule has 1 heterocycles. The highest BCUT2D eigenvalue weighted by atomic mass is 32.1. The van der Waals surface area contributed by atoms with Gasteiger partial charge in [-0.25, -0.2) is 0 Å². The summed E-state index contributed by atoms with van der Waals surface area (Å²) in [6, 6.07) is 9.57. The molecule has 2 aromatic rings. The Bertz CT molecular complexity index is 582. The summed E-state index contributed by atoms with van der Waals surface area (Å²) < 4.78 is 6.03. The minimum absolute atomic E-state index is 0.289. The van der Waals surface area contributed by atoms with Gasteiger partial charge in [0.25, 0.3) is 0 Å². The molecule has 1 unspecified atom stereocenters. The molecule has 1 aromatic heterocycles. The number of benzene rings is 1. The van der Waals surface area contributed by atoms with Crippen LogP contribution in [0.1, 0.15) is 18.4 Å². The third-order valence-electron chi connectivity index (χ3n) is 2.46. The number of rotatable bonds is 3. The summed E-state index contributed by atoms with van der Waals surface area (Å²) in [6.45, 7) is 2.02. The zero-order valence-electron chi connectivity index (χ0n) is 9.34. The van der Waals surface area contributed by atoms with Gasteiger partial charge >= 0.3 is 5.97 Å². The van der Waals surface area contributed by atoms with E-state index >= 15 is 0 Å². The van der Waals surface area contributed by atoms with Crippen LogP contribution in [-0.2, 0) is 9.53 Å². The Morgan fingerprint density at radius 3 is 3.06 bits per heavy atom. The van der Waals surface area contributed by atoms with Gasteiger partial charge in [-0.3, -0.25) is 4.79 Å². The summed E-state index contributed by atoms with van der Waals surface area (Å²) in [6.07, 6.45) is 0. The van der Waals surface area contributed by atoms with Gasteiger partial charge in [0.05, 0.1) is 12.7 Å². The average molecular weight is 245 g/mol. The molecule has 0 fully saturated rings. The van der Waals surface area contributed by atoms with E-state index in [1.165, 1.54) is 0 Å². The summed E-state index contributed by atoms with van der Waals surface area (Å²) in [5.41, 5.74) is 0.692. The van der Waals surface area contributed by atoms with Crippen molar-refractivity contribution in [2.75, 3.05) is 6.61 Å². The molecule has 0 N–H and O–H groups in total. The van der Waals surface area contributed by atoms with Gasteiger partial charge < -0.3 is 4.74 Å². The first-order valence-electron chi connectivity index (χ1n) is 5.29. The lowest BCUT2D eigenvalue weighted by molar-refractivity contribution is -0.143. The molecule has 1 atom stereocenters. The van der Waals surface area contributed by atoms with Crippen LogP contribution < -0.4 is 0 Å². The number of nitrogens with zero attached hydrogens (tertiary/aromatic N) is 1. The summed E-state index contributed by atoms with van der Waals surface area (Å²) in [7, 11) is 0. The minimum atomic E-state index is -0.834. The van der Waals surface area contributed by atoms with E-state index in [0.717, 1.165) is 10.1 Å². The molecule has 3 nitrogen and oxygen atoms in total. The Kier molecular flexibility index (Phi) is 3.40. The molecule has 0 saturated carbocycles. The number of fused-ring (bicyclic) bond motifs is 1. The van der Waals surface area contributed by atoms with Crippen LogP contribution in [0, 0.1) is 11.3 Å². The standard InChI is InChI=1S/C13H11NO2S/c1-2-16-13(15)11(8-14)9-3-4-12-10(7-9)5-6-17-12/h3-7,11H,2H2,1H3. The highest BCUT2D eigenvalue weighted by molar-refractivity contribution is 7.17. The van der Waals surface area contributed by atoms with Crippen molar-refractivity contribution in [3.8, 4) is 6.07 Å². The van der Waals surface area contributed by atoms with Crippen LogP contribution in [0.4, 0.5) is 0 Å². The van der Waals surface area contributed by atoms with Gasteiger partial charge in [0.2, 0.25) is 0 Å². The molecule has 0 radical (unpaired) electrons. The largest absolute Gasteiger partial charge is 0.465 e. The number of esters is 1. The molecule has 4 heteroatoms. The highest BCUT2D eigenvalue weighted by Crippen LogP contribution is 2.26. The van der Waals surface area contributed by atoms with Crippen molar-refractivity contribution < 1.29 is 9.53 Å². The molecule has 17 heavy (non-hydrogen) atoms. The maximum atomic E-state index is 11.6. The van der Waals surface area contributed by atoms with Crippen molar-refractivity contribution in [3.05, 3.63) is 35.2 Å². The summed E-state index contributed by atoms with van der Waals surface area (Å²) in [4.78, 5) is 11.6. The monoisotopic (exact) mass is 245 g/mol. The molecule has 0 bridgehead atoms. The van der Waals surface area contributed by atoms with Crippen molar-refractivity contribution in [1.82, 2.24) is 0 Å². The highest BCUT2D eigenvalue weighted by Gasteiger charge is 2.21. The second-order valence-corrected chi connectivity index (χ2v) is 4.48. The van der Waals surface area contributed by atoms with E-state index in [1.54, 1.807) is 18.3 Å². The number of hydrogen-bond donors (Lipinski definition) is 0. The molecule has 2 rings (SSSR count). The fourth-order valence-corrected chi connectivity index (χ4v) is 2.42. The van der Waals surface area contributed by atoms with Crippen molar-refractivity contribution in [3.63, 3.8) is 0 Å². The lowest BCUT2D eigenvalue weighted by Gasteiger charge is -2.08. The summed E-state index contributed by atoms with van der Waals surface area (Å²) in [5, 5.41) is 12.1. The summed E-state index contributed by atoms with van der Waals surface area (Å²) >= 11 is 1.63. The van der Waals surface area contributed by atoms with Gasteiger partial charge in [-0.05, 0) is 41.5 Å². The van der Waals surface area contributed by atoms with Crippen LogP contribution in [0.15, 0.2) is 29.6 Å². The first-order chi connectivity index (χ1) is 8.26. The van der Waals surface area contributed by atoms with Crippen molar-refractivity contribution in [2.45, 2.75) is 12.8 Å². The van der Waals surface area contributed by atoms with Crippen LogP contribution in [0.25, 0.3) is 10.1 Å². The van der Waals surface area contributed by atoms with Crippen LogP contribution in [0.5, 0.6) is 0 Å². The molecular formula is C13H11NO2S. The van der Waals surface area contributed by atoms with Crippen LogP contribution >= 0.6 is 11.3 Å². The predicted molar refractivity (Wildman–Crippen MR) is 66.8 cm³/mol. The Morgan fingerprint density at radius 2 is 2.35 bits per heavy atom. The van der Waals surface area contributed by atoms with Crippen LogP contribution in [-0.4, -0.2) is 12.6 Å². The molecular weight excluding hydrogens is 234 g/mol. The number of carbonyl (C=O) groups excluding carboxylic acids is 1. The number of thiophene rings is 1. The second kappa shape index (κ2) is 4.98. The molecule has 0 aliphatic rings. The molecule has 0 saturated heterocycles. The van der Waals surface area contributed by atoms with E-state index in [2.05, 4.69) is 0 Å². The second-order valence-electron chi connectivity index (χ2n) is 3.53. The third kappa shape index (κ3) is 2.29. The molecule has 0 amide bonds. The quantitative estimate of drug-likeness (QED) is 0.781. The zero-order chi connectivity index (χ0) is 12.3. The SMILES string of the molecule is CCOC(=O)C(C#N)c1ccc2sccc2c1. The molecule has 1 aromatic carbocycles. The Balaban J connectivity index is 2.36. The lowest BCUT2D eigenvalue weighted by Crippen LogP contribution is -2.14. The van der Waals surface area contributed by atoms with Gasteiger partial charge in [0.15, 0.2) is 5.92 Å². The smallest absolute Gasteiger partial charge is 0.327 e. The molecule has 86 valence electrons. The Labute approximate surface area is 103 Å². The fourth-order valence-electron chi connectivity index (χ4n) is 1.65. The topological polar surface area (TPSA) is 50.1 Å². The average Bonchev–Trinajstić information content (AvgIpc) is 2.77. The normalized spacial score (nSPS) is 12.0. The number of carbonyl (C=O) groups is 1. The maximum absolute atomic E-state index is 11.6. The van der Waals surface area contributed by atoms with Crippen molar-refractivity contribution in [1.29, 1.82) is 5.26 Å². The van der Waals surface area contributed by atoms with E-state index in [4.69, 9.17) is 10.00 Å². The van der Waals surface area contributed by atoms with E-state index in [9.17, 15) is 4.79 Å². The minimum Gasteiger partial charge on any atom is -0.465 e. The van der Waals surface area contributed by atoms with E-state index < -0.39 is 11.9 Å². The fraction of sp³-hybridized carbons (Fsp3) is 0.231. The summed E-state index contributed by atoms with van der Waals surface area (Å²) in [5.74, 6) is -1.32. The number of hydrogen-bond acceptors (Lipinski definition) is 4. The maximum Gasteiger partial charge on any atom is 0.327 e. The van der Waals surface area contributed by atoms with Crippen LogP contribution in [0.2, 0.25) is 0 Å². The van der Waals surface area contributed by atoms with Crippen molar-refractivity contribution in [2.24, 2.45) is 0 Å². The Hall–Kier alpha value is -1.86. The predicted octanol–water partition coefficient (Wildman–Crippen LogP) is 3.07. The van der Waals surface area contributed by atoms with Gasteiger partial charge in [0.1, 0.15) is 0 Å². The van der Waals surface area contributed by atoms with Gasteiger partial charge in [-0.1, -0.05) is 6.07 Å². The third-order valence-corrected chi connectivity index (χ3v) is 3.36. The first kappa shape index (κ1) is 11.6. The van der Waals surface area contributed by atoms with Gasteiger partial charge in [-0.15, -0.1) is 11.3 Å². The van der Waals surface area contributed by atoms with Crippen LogP contribution in [0.3, 0.4) is 0 Å². The van der Waals surface area contributed by atoms with E-state index in [-0.39, 0.29) is 6.61 Å². The van der Waals surface area contributed by atoms with Crippen molar-refractivity contribution >= 4 is 27.4 Å². The van der Waals surface area contributed by atoms with Gasteiger partial charge in [-0.2, -0.15) is 5.26 Å². The molecule has 0 aliphatic carbocycles. The zero-order valence-corrected chi connectivity index (χ0v) is 10.2. The first-order valence-corrected chi connectivity index (χ1v) is 6.17. The molecule has 0 spiro atoms. The molecule has 0 aliphatic heterocycles. The van der Waals surface area contributed by atoms with E-state index in [1.807, 2.05) is 35.7 Å². The van der Waals surface area contributed by atoms with E-state index in [0.29, 0.717) is 5.56 Å². The number of ether oxygens (including phenoxy) is 1. The number of nitriles is 1.